The first kappa shape index (κ1) is 18.6. The molecule has 0 bridgehead atoms. The zero-order chi connectivity index (χ0) is 20.2. The molecule has 7 heteroatoms. The standard InChI is InChI=1S/C22H20FN5O/c1-27-12-11-24-22(27)21(17-7-9-18(23)10-8-17)26-20(29)13-16-14-25-28(15-16)19-5-3-2-4-6-19/h2-12,14-15,21H,13H2,1H3,(H,26,29). The minimum absolute atomic E-state index is 0.171. The van der Waals surface area contributed by atoms with Crippen LogP contribution in [0.2, 0.25) is 0 Å². The molecular weight excluding hydrogens is 369 g/mol. The fourth-order valence-corrected chi connectivity index (χ4v) is 3.18. The van der Waals surface area contributed by atoms with E-state index in [1.807, 2.05) is 54.3 Å². The molecule has 0 fully saturated rings. The van der Waals surface area contributed by atoms with Gasteiger partial charge in [0.05, 0.1) is 18.3 Å². The van der Waals surface area contributed by atoms with E-state index in [-0.39, 0.29) is 18.1 Å². The van der Waals surface area contributed by atoms with Crippen LogP contribution < -0.4 is 5.32 Å². The fraction of sp³-hybridized carbons (Fsp3) is 0.136. The molecule has 0 spiro atoms. The van der Waals surface area contributed by atoms with Gasteiger partial charge in [0.15, 0.2) is 0 Å². The summed E-state index contributed by atoms with van der Waals surface area (Å²) in [6.45, 7) is 0. The van der Waals surface area contributed by atoms with Crippen molar-refractivity contribution >= 4 is 5.91 Å². The highest BCUT2D eigenvalue weighted by Crippen LogP contribution is 2.21. The van der Waals surface area contributed by atoms with E-state index in [0.717, 1.165) is 16.8 Å². The molecule has 0 saturated carbocycles. The molecule has 2 aromatic heterocycles. The molecule has 1 unspecified atom stereocenters. The summed E-state index contributed by atoms with van der Waals surface area (Å²) in [5.41, 5.74) is 2.48. The topological polar surface area (TPSA) is 64.7 Å². The highest BCUT2D eigenvalue weighted by Gasteiger charge is 2.21. The van der Waals surface area contributed by atoms with Gasteiger partial charge in [0.2, 0.25) is 5.91 Å². The Hall–Kier alpha value is -3.74. The van der Waals surface area contributed by atoms with Gasteiger partial charge in [-0.2, -0.15) is 5.10 Å². The van der Waals surface area contributed by atoms with Crippen LogP contribution in [-0.2, 0) is 18.3 Å². The van der Waals surface area contributed by atoms with Crippen LogP contribution in [0.5, 0.6) is 0 Å². The van der Waals surface area contributed by atoms with Crippen LogP contribution in [0.1, 0.15) is 23.0 Å². The molecule has 0 radical (unpaired) electrons. The van der Waals surface area contributed by atoms with E-state index in [9.17, 15) is 9.18 Å². The van der Waals surface area contributed by atoms with E-state index < -0.39 is 6.04 Å². The van der Waals surface area contributed by atoms with Gasteiger partial charge < -0.3 is 9.88 Å². The first-order valence-electron chi connectivity index (χ1n) is 9.21. The molecule has 1 atom stereocenters. The van der Waals surface area contributed by atoms with Crippen LogP contribution in [0.3, 0.4) is 0 Å². The van der Waals surface area contributed by atoms with Crippen LogP contribution in [0.25, 0.3) is 5.69 Å². The summed E-state index contributed by atoms with van der Waals surface area (Å²) >= 11 is 0. The molecule has 4 rings (SSSR count). The molecule has 2 heterocycles. The Balaban J connectivity index is 1.52. The van der Waals surface area contributed by atoms with Crippen molar-refractivity contribution in [3.8, 4) is 5.69 Å². The Bertz CT molecular complexity index is 1100. The quantitative estimate of drug-likeness (QED) is 0.551. The molecule has 146 valence electrons. The number of hydrogen-bond acceptors (Lipinski definition) is 3. The third-order valence-corrected chi connectivity index (χ3v) is 4.65. The van der Waals surface area contributed by atoms with Crippen LogP contribution in [-0.4, -0.2) is 25.2 Å². The van der Waals surface area contributed by atoms with Gasteiger partial charge in [-0.15, -0.1) is 0 Å². The van der Waals surface area contributed by atoms with Crippen molar-refractivity contribution in [1.82, 2.24) is 24.6 Å². The number of aromatic nitrogens is 4. The number of para-hydroxylation sites is 1. The number of halogens is 1. The average Bonchev–Trinajstić information content (AvgIpc) is 3.37. The minimum Gasteiger partial charge on any atom is -0.342 e. The summed E-state index contributed by atoms with van der Waals surface area (Å²) < 4.78 is 16.9. The third-order valence-electron chi connectivity index (χ3n) is 4.65. The summed E-state index contributed by atoms with van der Waals surface area (Å²) in [6.07, 6.45) is 7.17. The predicted molar refractivity (Wildman–Crippen MR) is 107 cm³/mol. The maximum absolute atomic E-state index is 13.3. The zero-order valence-electron chi connectivity index (χ0n) is 15.9. The molecule has 2 aromatic carbocycles. The van der Waals surface area contributed by atoms with E-state index >= 15 is 0 Å². The lowest BCUT2D eigenvalue weighted by molar-refractivity contribution is -0.121. The SMILES string of the molecule is Cn1ccnc1C(NC(=O)Cc1cnn(-c2ccccc2)c1)c1ccc(F)cc1. The van der Waals surface area contributed by atoms with Gasteiger partial charge in [-0.1, -0.05) is 30.3 Å². The van der Waals surface area contributed by atoms with Gasteiger partial charge in [0.1, 0.15) is 17.7 Å². The maximum Gasteiger partial charge on any atom is 0.225 e. The highest BCUT2D eigenvalue weighted by atomic mass is 19.1. The second kappa shape index (κ2) is 8.10. The molecule has 6 nitrogen and oxygen atoms in total. The minimum atomic E-state index is -0.479. The van der Waals surface area contributed by atoms with Crippen molar-refractivity contribution < 1.29 is 9.18 Å². The van der Waals surface area contributed by atoms with Crippen molar-refractivity contribution in [1.29, 1.82) is 0 Å². The largest absolute Gasteiger partial charge is 0.342 e. The van der Waals surface area contributed by atoms with Crippen molar-refractivity contribution in [2.24, 2.45) is 7.05 Å². The molecule has 1 amide bonds. The molecule has 1 N–H and O–H groups in total. The lowest BCUT2D eigenvalue weighted by atomic mass is 10.1. The van der Waals surface area contributed by atoms with E-state index in [0.29, 0.717) is 5.82 Å². The molecule has 4 aromatic rings. The summed E-state index contributed by atoms with van der Waals surface area (Å²) in [4.78, 5) is 17.1. The van der Waals surface area contributed by atoms with Gasteiger partial charge in [0.25, 0.3) is 0 Å². The molecule has 0 aliphatic heterocycles. The Labute approximate surface area is 167 Å². The molecule has 0 aliphatic rings. The van der Waals surface area contributed by atoms with E-state index in [1.165, 1.54) is 12.1 Å². The summed E-state index contributed by atoms with van der Waals surface area (Å²) in [5, 5.41) is 7.34. The number of imidazole rings is 1. The van der Waals surface area contributed by atoms with Crippen molar-refractivity contribution in [3.63, 3.8) is 0 Å². The predicted octanol–water partition coefficient (Wildman–Crippen LogP) is 3.19. The first-order valence-corrected chi connectivity index (χ1v) is 9.21. The molecular formula is C22H20FN5O. The van der Waals surface area contributed by atoms with E-state index in [1.54, 1.807) is 29.2 Å². The average molecular weight is 389 g/mol. The number of rotatable bonds is 6. The molecule has 29 heavy (non-hydrogen) atoms. The summed E-state index contributed by atoms with van der Waals surface area (Å²) in [7, 11) is 1.86. The van der Waals surface area contributed by atoms with E-state index in [2.05, 4.69) is 15.4 Å². The number of carbonyl (C=O) groups excluding carboxylic acids is 1. The Kier molecular flexibility index (Phi) is 5.20. The van der Waals surface area contributed by atoms with Crippen molar-refractivity contribution in [2.75, 3.05) is 0 Å². The molecule has 0 saturated heterocycles. The summed E-state index contributed by atoms with van der Waals surface area (Å²) in [6, 6.07) is 15.3. The Morgan fingerprint density at radius 1 is 1.14 bits per heavy atom. The van der Waals surface area contributed by atoms with Gasteiger partial charge in [-0.05, 0) is 35.4 Å². The number of aryl methyl sites for hydroxylation is 1. The van der Waals surface area contributed by atoms with Gasteiger partial charge >= 0.3 is 0 Å². The zero-order valence-corrected chi connectivity index (χ0v) is 15.9. The number of amides is 1. The Morgan fingerprint density at radius 2 is 1.90 bits per heavy atom. The number of hydrogen-bond donors (Lipinski definition) is 1. The highest BCUT2D eigenvalue weighted by molar-refractivity contribution is 5.79. The van der Waals surface area contributed by atoms with Crippen LogP contribution in [0.15, 0.2) is 79.4 Å². The third kappa shape index (κ3) is 4.24. The fourth-order valence-electron chi connectivity index (χ4n) is 3.18. The second-order valence-corrected chi connectivity index (χ2v) is 6.75. The van der Waals surface area contributed by atoms with Crippen LogP contribution in [0, 0.1) is 5.82 Å². The van der Waals surface area contributed by atoms with Crippen molar-refractivity contribution in [2.45, 2.75) is 12.5 Å². The Morgan fingerprint density at radius 3 is 2.59 bits per heavy atom. The van der Waals surface area contributed by atoms with Gasteiger partial charge in [0, 0.05) is 25.6 Å². The van der Waals surface area contributed by atoms with E-state index in [4.69, 9.17) is 0 Å². The first-order chi connectivity index (χ1) is 14.1. The smallest absolute Gasteiger partial charge is 0.225 e. The second-order valence-electron chi connectivity index (χ2n) is 6.75. The van der Waals surface area contributed by atoms with Gasteiger partial charge in [-0.3, -0.25) is 4.79 Å². The van der Waals surface area contributed by atoms with Crippen LogP contribution >= 0.6 is 0 Å². The monoisotopic (exact) mass is 389 g/mol. The van der Waals surface area contributed by atoms with Crippen LogP contribution in [0.4, 0.5) is 4.39 Å². The number of nitrogens with one attached hydrogen (secondary N) is 1. The van der Waals surface area contributed by atoms with Gasteiger partial charge in [-0.25, -0.2) is 14.1 Å². The lowest BCUT2D eigenvalue weighted by Crippen LogP contribution is -2.32. The number of carbonyl (C=O) groups is 1. The number of nitrogens with zero attached hydrogens (tertiary/aromatic N) is 4. The number of benzene rings is 2. The molecule has 0 aliphatic carbocycles. The maximum atomic E-state index is 13.3. The normalized spacial score (nSPS) is 11.9. The van der Waals surface area contributed by atoms with Crippen molar-refractivity contribution in [3.05, 3.63) is 102 Å². The summed E-state index contributed by atoms with van der Waals surface area (Å²) in [5.74, 6) is 0.173. The lowest BCUT2D eigenvalue weighted by Gasteiger charge is -2.19.